The predicted molar refractivity (Wildman–Crippen MR) is 90.2 cm³/mol. The van der Waals surface area contributed by atoms with Gasteiger partial charge in [0.25, 0.3) is 0 Å². The molecule has 1 unspecified atom stereocenters. The third-order valence-corrected chi connectivity index (χ3v) is 4.21. The second-order valence-corrected chi connectivity index (χ2v) is 6.74. The Hall–Kier alpha value is -1.17. The van der Waals surface area contributed by atoms with Crippen molar-refractivity contribution in [2.75, 3.05) is 45.9 Å². The smallest absolute Gasteiger partial charge is 0.123 e. The molecule has 1 heterocycles. The van der Waals surface area contributed by atoms with Gasteiger partial charge in [-0.25, -0.2) is 4.39 Å². The van der Waals surface area contributed by atoms with Gasteiger partial charge >= 0.3 is 0 Å². The molecular weight excluding hydrogens is 295 g/mol. The van der Waals surface area contributed by atoms with Crippen LogP contribution in [0.25, 0.3) is 0 Å². The highest BCUT2D eigenvalue weighted by Crippen LogP contribution is 2.12. The van der Waals surface area contributed by atoms with E-state index in [1.807, 2.05) is 0 Å². The van der Waals surface area contributed by atoms with Gasteiger partial charge in [-0.15, -0.1) is 0 Å². The molecule has 1 saturated heterocycles. The summed E-state index contributed by atoms with van der Waals surface area (Å²) in [5.41, 5.74) is 0. The van der Waals surface area contributed by atoms with E-state index < -0.39 is 6.10 Å². The molecule has 0 bridgehead atoms. The monoisotopic (exact) mass is 324 g/mol. The minimum atomic E-state index is -0.526. The largest absolute Gasteiger partial charge is 0.491 e. The Morgan fingerprint density at radius 3 is 2.30 bits per heavy atom. The quantitative estimate of drug-likeness (QED) is 0.795. The molecule has 0 spiro atoms. The molecule has 1 aromatic carbocycles. The van der Waals surface area contributed by atoms with Crippen molar-refractivity contribution in [3.63, 3.8) is 0 Å². The van der Waals surface area contributed by atoms with Gasteiger partial charge in [0.15, 0.2) is 0 Å². The summed E-state index contributed by atoms with van der Waals surface area (Å²) in [7, 11) is 0. The summed E-state index contributed by atoms with van der Waals surface area (Å²) in [5, 5.41) is 10.1. The van der Waals surface area contributed by atoms with Crippen LogP contribution in [-0.2, 0) is 0 Å². The fourth-order valence-corrected chi connectivity index (χ4v) is 2.71. The van der Waals surface area contributed by atoms with Crippen molar-refractivity contribution >= 4 is 0 Å². The zero-order chi connectivity index (χ0) is 16.7. The van der Waals surface area contributed by atoms with E-state index in [4.69, 9.17) is 4.74 Å². The van der Waals surface area contributed by atoms with E-state index in [1.165, 1.54) is 25.1 Å². The number of hydrogen-bond acceptors (Lipinski definition) is 4. The molecule has 1 N–H and O–H groups in total. The summed E-state index contributed by atoms with van der Waals surface area (Å²) in [6.07, 6.45) is 0.719. The number of piperazine rings is 1. The second-order valence-electron chi connectivity index (χ2n) is 6.74. The van der Waals surface area contributed by atoms with Gasteiger partial charge < -0.3 is 14.7 Å². The minimum absolute atomic E-state index is 0.235. The van der Waals surface area contributed by atoms with E-state index in [0.29, 0.717) is 12.3 Å². The average molecular weight is 324 g/mol. The third-order valence-electron chi connectivity index (χ3n) is 4.21. The Morgan fingerprint density at radius 2 is 1.70 bits per heavy atom. The lowest BCUT2D eigenvalue weighted by Gasteiger charge is -2.35. The van der Waals surface area contributed by atoms with Crippen LogP contribution in [0.1, 0.15) is 20.3 Å². The van der Waals surface area contributed by atoms with Gasteiger partial charge in [-0.3, -0.25) is 4.90 Å². The van der Waals surface area contributed by atoms with Gasteiger partial charge in [0.2, 0.25) is 0 Å². The van der Waals surface area contributed by atoms with E-state index >= 15 is 0 Å². The van der Waals surface area contributed by atoms with Gasteiger partial charge in [0, 0.05) is 32.7 Å². The van der Waals surface area contributed by atoms with Crippen LogP contribution >= 0.6 is 0 Å². The van der Waals surface area contributed by atoms with E-state index in [1.54, 1.807) is 12.1 Å². The van der Waals surface area contributed by atoms with Gasteiger partial charge in [-0.05, 0) is 43.1 Å². The molecule has 5 heteroatoms. The first-order chi connectivity index (χ1) is 11.0. The second kappa shape index (κ2) is 9.21. The summed E-state index contributed by atoms with van der Waals surface area (Å²) < 4.78 is 18.3. The number of hydrogen-bond donors (Lipinski definition) is 1. The number of aliphatic hydroxyl groups is 1. The third kappa shape index (κ3) is 6.85. The van der Waals surface area contributed by atoms with E-state index in [-0.39, 0.29) is 12.4 Å². The molecule has 0 aliphatic carbocycles. The topological polar surface area (TPSA) is 35.9 Å². The van der Waals surface area contributed by atoms with Crippen LogP contribution in [0.3, 0.4) is 0 Å². The van der Waals surface area contributed by atoms with Crippen LogP contribution in [0.2, 0.25) is 0 Å². The maximum absolute atomic E-state index is 12.8. The van der Waals surface area contributed by atoms with Crippen molar-refractivity contribution in [2.24, 2.45) is 5.92 Å². The minimum Gasteiger partial charge on any atom is -0.491 e. The molecular formula is C18H29FN2O2. The first-order valence-corrected chi connectivity index (χ1v) is 8.54. The lowest BCUT2D eigenvalue weighted by molar-refractivity contribution is 0.0453. The zero-order valence-electron chi connectivity index (χ0n) is 14.2. The van der Waals surface area contributed by atoms with Crippen LogP contribution < -0.4 is 4.74 Å². The van der Waals surface area contributed by atoms with Crippen LogP contribution in [0.4, 0.5) is 4.39 Å². The molecule has 0 amide bonds. The maximum Gasteiger partial charge on any atom is 0.123 e. The Bertz CT molecular complexity index is 445. The molecule has 2 rings (SSSR count). The molecule has 0 aromatic heterocycles. The van der Waals surface area contributed by atoms with Crippen LogP contribution in [0.15, 0.2) is 24.3 Å². The summed E-state index contributed by atoms with van der Waals surface area (Å²) in [6.45, 7) is 10.7. The van der Waals surface area contributed by atoms with Gasteiger partial charge in [-0.1, -0.05) is 13.8 Å². The summed E-state index contributed by atoms with van der Waals surface area (Å²) in [5.74, 6) is 1.05. The predicted octanol–water partition coefficient (Wildman–Crippen LogP) is 2.23. The first kappa shape index (κ1) is 18.2. The normalized spacial score (nSPS) is 18.3. The molecule has 1 aliphatic rings. The van der Waals surface area contributed by atoms with Crippen LogP contribution in [0, 0.1) is 11.7 Å². The van der Waals surface area contributed by atoms with Crippen molar-refractivity contribution in [3.8, 4) is 5.75 Å². The molecule has 0 saturated carbocycles. The van der Waals surface area contributed by atoms with Crippen molar-refractivity contribution in [2.45, 2.75) is 26.4 Å². The average Bonchev–Trinajstić information content (AvgIpc) is 2.53. The summed E-state index contributed by atoms with van der Waals surface area (Å²) >= 11 is 0. The summed E-state index contributed by atoms with van der Waals surface area (Å²) in [4.78, 5) is 4.78. The molecule has 1 aliphatic heterocycles. The SMILES string of the molecule is CC(C)CCN1CCN(CC(O)COc2ccc(F)cc2)CC1. The maximum atomic E-state index is 12.8. The summed E-state index contributed by atoms with van der Waals surface area (Å²) in [6, 6.07) is 5.88. The Morgan fingerprint density at radius 1 is 1.09 bits per heavy atom. The highest BCUT2D eigenvalue weighted by Gasteiger charge is 2.19. The molecule has 0 radical (unpaired) electrons. The molecule has 1 aromatic rings. The van der Waals surface area contributed by atoms with Crippen molar-refractivity contribution < 1.29 is 14.2 Å². The van der Waals surface area contributed by atoms with E-state index in [9.17, 15) is 9.50 Å². The number of β-amino-alcohol motifs (C(OH)–C–C–N with tert-alkyl or cyclic N) is 1. The van der Waals surface area contributed by atoms with E-state index in [0.717, 1.165) is 32.1 Å². The highest BCUT2D eigenvalue weighted by atomic mass is 19.1. The van der Waals surface area contributed by atoms with Crippen molar-refractivity contribution in [1.82, 2.24) is 9.80 Å². The fourth-order valence-electron chi connectivity index (χ4n) is 2.71. The first-order valence-electron chi connectivity index (χ1n) is 8.54. The highest BCUT2D eigenvalue weighted by molar-refractivity contribution is 5.22. The lowest BCUT2D eigenvalue weighted by atomic mass is 10.1. The molecule has 23 heavy (non-hydrogen) atoms. The Labute approximate surface area is 138 Å². The standard InChI is InChI=1S/C18H29FN2O2/c1-15(2)7-8-20-9-11-21(12-10-20)13-17(22)14-23-18-5-3-16(19)4-6-18/h3-6,15,17,22H,7-14H2,1-2H3. The van der Waals surface area contributed by atoms with Crippen LogP contribution in [-0.4, -0.2) is 66.9 Å². The molecule has 130 valence electrons. The van der Waals surface area contributed by atoms with Gasteiger partial charge in [-0.2, -0.15) is 0 Å². The van der Waals surface area contributed by atoms with Gasteiger partial charge in [0.1, 0.15) is 24.3 Å². The van der Waals surface area contributed by atoms with E-state index in [2.05, 4.69) is 23.6 Å². The zero-order valence-corrected chi connectivity index (χ0v) is 14.2. The number of nitrogens with zero attached hydrogens (tertiary/aromatic N) is 2. The lowest BCUT2D eigenvalue weighted by Crippen LogP contribution is -2.49. The number of ether oxygens (including phenoxy) is 1. The number of aliphatic hydroxyl groups excluding tert-OH is 1. The Balaban J connectivity index is 1.62. The molecule has 4 nitrogen and oxygen atoms in total. The van der Waals surface area contributed by atoms with Crippen molar-refractivity contribution in [1.29, 1.82) is 0 Å². The number of rotatable bonds is 8. The number of halogens is 1. The fraction of sp³-hybridized carbons (Fsp3) is 0.667. The molecule has 1 fully saturated rings. The van der Waals surface area contributed by atoms with Crippen LogP contribution in [0.5, 0.6) is 5.75 Å². The number of benzene rings is 1. The molecule has 1 atom stereocenters. The Kier molecular flexibility index (Phi) is 7.27. The van der Waals surface area contributed by atoms with Crippen molar-refractivity contribution in [3.05, 3.63) is 30.1 Å². The van der Waals surface area contributed by atoms with Gasteiger partial charge in [0.05, 0.1) is 0 Å².